The molecule has 31 heavy (non-hydrogen) atoms. The molecule has 0 radical (unpaired) electrons. The number of rotatable bonds is 5. The zero-order chi connectivity index (χ0) is 22.0. The first-order chi connectivity index (χ1) is 15.0. The molecule has 4 rings (SSSR count). The minimum Gasteiger partial charge on any atom is -0.452 e. The zero-order valence-corrected chi connectivity index (χ0v) is 17.2. The Hall–Kier alpha value is -4.00. The third kappa shape index (κ3) is 4.02. The fourth-order valence-corrected chi connectivity index (χ4v) is 3.48. The van der Waals surface area contributed by atoms with Crippen molar-refractivity contribution in [1.82, 2.24) is 9.55 Å². The number of carbonyl (C=O) groups excluding carboxylic acids is 2. The number of aryl methyl sites for hydroxylation is 2. The molecule has 0 unspecified atom stereocenters. The number of esters is 1. The quantitative estimate of drug-likeness (QED) is 0.502. The molecule has 0 saturated heterocycles. The number of fused-ring (bicyclic) bond motifs is 2. The van der Waals surface area contributed by atoms with Crippen LogP contribution in [0.25, 0.3) is 21.8 Å². The lowest BCUT2D eigenvalue weighted by molar-refractivity contribution is -0.119. The molecule has 2 aromatic heterocycles. The number of amides is 1. The van der Waals surface area contributed by atoms with Crippen LogP contribution in [0, 0.1) is 6.92 Å². The predicted molar refractivity (Wildman–Crippen MR) is 119 cm³/mol. The number of aromatic nitrogens is 2. The number of benzene rings is 2. The van der Waals surface area contributed by atoms with E-state index in [9.17, 15) is 14.4 Å². The van der Waals surface area contributed by atoms with Crippen LogP contribution in [-0.2, 0) is 16.1 Å². The first-order valence-corrected chi connectivity index (χ1v) is 9.93. The van der Waals surface area contributed by atoms with Gasteiger partial charge in [-0.2, -0.15) is 0 Å². The standard InChI is InChI=1S/C24H21N3O4/c1-3-27-13-19(22(29)18-12-11-15(2)25-23(18)27)24(30)31-14-21(28)26-20-10-6-8-16-7-4-5-9-17(16)20/h4-13H,3,14H2,1-2H3,(H,26,28). The van der Waals surface area contributed by atoms with E-state index in [-0.39, 0.29) is 5.56 Å². The fraction of sp³-hybridized carbons (Fsp3) is 0.167. The summed E-state index contributed by atoms with van der Waals surface area (Å²) in [6.07, 6.45) is 1.43. The summed E-state index contributed by atoms with van der Waals surface area (Å²) in [7, 11) is 0. The summed E-state index contributed by atoms with van der Waals surface area (Å²) in [5.74, 6) is -1.33. The van der Waals surface area contributed by atoms with Crippen molar-refractivity contribution in [3.05, 3.63) is 82.3 Å². The summed E-state index contributed by atoms with van der Waals surface area (Å²) in [5, 5.41) is 4.96. The van der Waals surface area contributed by atoms with Gasteiger partial charge in [-0.05, 0) is 37.4 Å². The van der Waals surface area contributed by atoms with Crippen molar-refractivity contribution < 1.29 is 14.3 Å². The lowest BCUT2D eigenvalue weighted by Crippen LogP contribution is -2.25. The monoisotopic (exact) mass is 415 g/mol. The second-order valence-electron chi connectivity index (χ2n) is 7.13. The highest BCUT2D eigenvalue weighted by Crippen LogP contribution is 2.22. The number of pyridine rings is 2. The third-order valence-corrected chi connectivity index (χ3v) is 5.02. The van der Waals surface area contributed by atoms with Gasteiger partial charge in [0, 0.05) is 29.5 Å². The number of nitrogens with zero attached hydrogens (tertiary/aromatic N) is 2. The van der Waals surface area contributed by atoms with Crippen molar-refractivity contribution in [3.8, 4) is 0 Å². The lowest BCUT2D eigenvalue weighted by atomic mass is 10.1. The predicted octanol–water partition coefficient (Wildman–Crippen LogP) is 3.67. The van der Waals surface area contributed by atoms with Crippen LogP contribution in [0.15, 0.2) is 65.6 Å². The maximum atomic E-state index is 12.8. The molecule has 2 heterocycles. The molecule has 0 fully saturated rings. The Morgan fingerprint density at radius 1 is 1.03 bits per heavy atom. The Balaban J connectivity index is 1.53. The third-order valence-electron chi connectivity index (χ3n) is 5.02. The van der Waals surface area contributed by atoms with Crippen LogP contribution in [0.1, 0.15) is 23.0 Å². The highest BCUT2D eigenvalue weighted by atomic mass is 16.5. The summed E-state index contributed by atoms with van der Waals surface area (Å²) < 4.78 is 6.86. The molecule has 7 nitrogen and oxygen atoms in total. The smallest absolute Gasteiger partial charge is 0.344 e. The van der Waals surface area contributed by atoms with E-state index in [4.69, 9.17) is 4.74 Å². The number of hydrogen-bond acceptors (Lipinski definition) is 5. The number of ether oxygens (including phenoxy) is 1. The van der Waals surface area contributed by atoms with Crippen LogP contribution in [0.5, 0.6) is 0 Å². The van der Waals surface area contributed by atoms with E-state index in [0.717, 1.165) is 16.5 Å². The Kier molecular flexibility index (Phi) is 5.49. The molecule has 0 atom stereocenters. The van der Waals surface area contributed by atoms with Gasteiger partial charge in [-0.1, -0.05) is 36.4 Å². The maximum Gasteiger partial charge on any atom is 0.344 e. The van der Waals surface area contributed by atoms with Crippen LogP contribution < -0.4 is 10.7 Å². The van der Waals surface area contributed by atoms with Gasteiger partial charge in [0.25, 0.3) is 5.91 Å². The van der Waals surface area contributed by atoms with Crippen molar-refractivity contribution in [3.63, 3.8) is 0 Å². The Morgan fingerprint density at radius 3 is 2.61 bits per heavy atom. The molecule has 0 aliphatic carbocycles. The lowest BCUT2D eigenvalue weighted by Gasteiger charge is -2.12. The average Bonchev–Trinajstić information content (AvgIpc) is 2.78. The molecule has 0 aliphatic rings. The first-order valence-electron chi connectivity index (χ1n) is 9.93. The summed E-state index contributed by atoms with van der Waals surface area (Å²) >= 11 is 0. The normalized spacial score (nSPS) is 10.9. The van der Waals surface area contributed by atoms with Gasteiger partial charge in [0.15, 0.2) is 6.61 Å². The SMILES string of the molecule is CCn1cc(C(=O)OCC(=O)Nc2cccc3ccccc23)c(=O)c2ccc(C)nc21. The molecule has 0 aliphatic heterocycles. The van der Waals surface area contributed by atoms with Gasteiger partial charge in [-0.15, -0.1) is 0 Å². The minimum atomic E-state index is -0.845. The van der Waals surface area contributed by atoms with E-state index in [1.54, 1.807) is 22.8 Å². The highest BCUT2D eigenvalue weighted by molar-refractivity contribution is 6.03. The van der Waals surface area contributed by atoms with Crippen LogP contribution in [0.4, 0.5) is 5.69 Å². The number of hydrogen-bond donors (Lipinski definition) is 1. The molecule has 0 spiro atoms. The minimum absolute atomic E-state index is 0.127. The van der Waals surface area contributed by atoms with Gasteiger partial charge in [-0.25, -0.2) is 9.78 Å². The van der Waals surface area contributed by atoms with Gasteiger partial charge >= 0.3 is 5.97 Å². The number of carbonyl (C=O) groups is 2. The van der Waals surface area contributed by atoms with Gasteiger partial charge in [0.1, 0.15) is 11.2 Å². The molecular weight excluding hydrogens is 394 g/mol. The Morgan fingerprint density at radius 2 is 1.81 bits per heavy atom. The Labute approximate surface area is 178 Å². The van der Waals surface area contributed by atoms with Crippen LogP contribution in [0.2, 0.25) is 0 Å². The van der Waals surface area contributed by atoms with E-state index >= 15 is 0 Å². The van der Waals surface area contributed by atoms with Crippen molar-refractivity contribution in [2.75, 3.05) is 11.9 Å². The fourth-order valence-electron chi connectivity index (χ4n) is 3.48. The molecule has 1 N–H and O–H groups in total. The molecule has 0 saturated carbocycles. The van der Waals surface area contributed by atoms with E-state index < -0.39 is 23.9 Å². The maximum absolute atomic E-state index is 12.8. The van der Waals surface area contributed by atoms with E-state index in [0.29, 0.717) is 23.3 Å². The zero-order valence-electron chi connectivity index (χ0n) is 17.2. The molecule has 2 aromatic carbocycles. The first kappa shape index (κ1) is 20.3. The van der Waals surface area contributed by atoms with Gasteiger partial charge in [0.05, 0.1) is 5.39 Å². The Bertz CT molecular complexity index is 1370. The topological polar surface area (TPSA) is 90.3 Å². The average molecular weight is 415 g/mol. The van der Waals surface area contributed by atoms with E-state index in [2.05, 4.69) is 10.3 Å². The molecule has 1 amide bonds. The number of anilines is 1. The van der Waals surface area contributed by atoms with Crippen LogP contribution in [-0.4, -0.2) is 28.0 Å². The van der Waals surface area contributed by atoms with Crippen molar-refractivity contribution in [2.24, 2.45) is 0 Å². The highest BCUT2D eigenvalue weighted by Gasteiger charge is 2.18. The second-order valence-corrected chi connectivity index (χ2v) is 7.13. The van der Waals surface area contributed by atoms with Crippen LogP contribution in [0.3, 0.4) is 0 Å². The number of nitrogens with one attached hydrogen (secondary N) is 1. The summed E-state index contributed by atoms with van der Waals surface area (Å²) in [6.45, 7) is 3.74. The summed E-state index contributed by atoms with van der Waals surface area (Å²) in [5.41, 5.74) is 1.32. The van der Waals surface area contributed by atoms with Crippen molar-refractivity contribution in [1.29, 1.82) is 0 Å². The van der Waals surface area contributed by atoms with E-state index in [1.807, 2.05) is 50.2 Å². The molecule has 7 heteroatoms. The van der Waals surface area contributed by atoms with E-state index in [1.165, 1.54) is 6.20 Å². The van der Waals surface area contributed by atoms with Crippen molar-refractivity contribution >= 4 is 39.4 Å². The summed E-state index contributed by atoms with van der Waals surface area (Å²) in [4.78, 5) is 42.1. The summed E-state index contributed by atoms with van der Waals surface area (Å²) in [6, 6.07) is 16.6. The molecular formula is C24H21N3O4. The van der Waals surface area contributed by atoms with Gasteiger partial charge < -0.3 is 14.6 Å². The van der Waals surface area contributed by atoms with Gasteiger partial charge in [-0.3, -0.25) is 9.59 Å². The van der Waals surface area contributed by atoms with Gasteiger partial charge in [0.2, 0.25) is 5.43 Å². The molecule has 156 valence electrons. The molecule has 4 aromatic rings. The van der Waals surface area contributed by atoms with Crippen molar-refractivity contribution in [2.45, 2.75) is 20.4 Å². The largest absolute Gasteiger partial charge is 0.452 e. The van der Waals surface area contributed by atoms with Crippen LogP contribution >= 0.6 is 0 Å². The second kappa shape index (κ2) is 8.39. The molecule has 0 bridgehead atoms.